The van der Waals surface area contributed by atoms with Crippen LogP contribution in [0, 0.1) is 0 Å². The van der Waals surface area contributed by atoms with Gasteiger partial charge in [0, 0.05) is 23.9 Å². The Morgan fingerprint density at radius 1 is 1.24 bits per heavy atom. The lowest BCUT2D eigenvalue weighted by Crippen LogP contribution is -2.08. The summed E-state index contributed by atoms with van der Waals surface area (Å²) in [7, 11) is 0. The molecule has 0 radical (unpaired) electrons. The van der Waals surface area contributed by atoms with E-state index in [0.717, 1.165) is 16.3 Å². The third-order valence-electron chi connectivity index (χ3n) is 1.93. The van der Waals surface area contributed by atoms with Crippen molar-refractivity contribution in [3.63, 3.8) is 0 Å². The van der Waals surface area contributed by atoms with E-state index in [2.05, 4.69) is 31.0 Å². The summed E-state index contributed by atoms with van der Waals surface area (Å²) >= 11 is 3.22. The largest absolute Gasteiger partial charge is 0.435 e. The monoisotopic (exact) mass is 306 g/mol. The number of alkyl halides is 4. The van der Waals surface area contributed by atoms with E-state index in [1.165, 1.54) is 18.6 Å². The minimum absolute atomic E-state index is 0.102. The van der Waals surface area contributed by atoms with Crippen LogP contribution in [0.15, 0.2) is 24.7 Å². The summed E-state index contributed by atoms with van der Waals surface area (Å²) in [6, 6.07) is 0.877. The number of aromatic nitrogens is 4. The molecule has 0 bridgehead atoms. The van der Waals surface area contributed by atoms with E-state index in [1.54, 1.807) is 0 Å². The Labute approximate surface area is 103 Å². The van der Waals surface area contributed by atoms with E-state index in [9.17, 15) is 13.2 Å². The van der Waals surface area contributed by atoms with Crippen LogP contribution in [-0.2, 0) is 11.5 Å². The maximum absolute atomic E-state index is 12.3. The molecule has 0 unspecified atom stereocenters. The van der Waals surface area contributed by atoms with Gasteiger partial charge in [0.25, 0.3) is 0 Å². The minimum atomic E-state index is -4.46. The van der Waals surface area contributed by atoms with Gasteiger partial charge >= 0.3 is 6.18 Å². The molecule has 0 amide bonds. The van der Waals surface area contributed by atoms with E-state index in [-0.39, 0.29) is 5.95 Å². The topological polar surface area (TPSA) is 43.6 Å². The second kappa shape index (κ2) is 4.44. The summed E-state index contributed by atoms with van der Waals surface area (Å²) in [5.41, 5.74) is -0.136. The normalized spacial score (nSPS) is 11.8. The Morgan fingerprint density at radius 2 is 1.88 bits per heavy atom. The van der Waals surface area contributed by atoms with E-state index >= 15 is 0 Å². The molecule has 0 N–H and O–H groups in total. The number of hydrogen-bond acceptors (Lipinski definition) is 3. The highest BCUT2D eigenvalue weighted by Crippen LogP contribution is 2.27. The highest BCUT2D eigenvalue weighted by molar-refractivity contribution is 9.08. The van der Waals surface area contributed by atoms with E-state index in [0.29, 0.717) is 5.33 Å². The molecule has 0 saturated carbocycles. The highest BCUT2D eigenvalue weighted by Gasteiger charge is 2.33. The van der Waals surface area contributed by atoms with Gasteiger partial charge in [-0.3, -0.25) is 0 Å². The summed E-state index contributed by atoms with van der Waals surface area (Å²) < 4.78 is 37.9. The highest BCUT2D eigenvalue weighted by atomic mass is 79.9. The quantitative estimate of drug-likeness (QED) is 0.801. The average molecular weight is 307 g/mol. The zero-order chi connectivity index (χ0) is 12.5. The molecule has 90 valence electrons. The molecular weight excluding hydrogens is 301 g/mol. The van der Waals surface area contributed by atoms with Crippen molar-refractivity contribution in [3.8, 4) is 5.95 Å². The Morgan fingerprint density at radius 3 is 2.35 bits per heavy atom. The second-order valence-corrected chi connectivity index (χ2v) is 3.73. The first kappa shape index (κ1) is 12.0. The fourth-order valence-electron chi connectivity index (χ4n) is 1.12. The average Bonchev–Trinajstić information content (AvgIpc) is 2.78. The number of halogens is 4. The van der Waals surface area contributed by atoms with Crippen LogP contribution in [0.3, 0.4) is 0 Å². The molecule has 0 fully saturated rings. The molecule has 0 aliphatic rings. The molecule has 2 aromatic rings. The maximum atomic E-state index is 12.3. The van der Waals surface area contributed by atoms with Gasteiger partial charge in [0.15, 0.2) is 5.69 Å². The van der Waals surface area contributed by atoms with Gasteiger partial charge in [0.2, 0.25) is 5.95 Å². The van der Waals surface area contributed by atoms with Crippen molar-refractivity contribution < 1.29 is 13.2 Å². The van der Waals surface area contributed by atoms with Gasteiger partial charge in [-0.15, -0.1) is 0 Å². The van der Waals surface area contributed by atoms with Gasteiger partial charge in [-0.25, -0.2) is 14.6 Å². The lowest BCUT2D eigenvalue weighted by molar-refractivity contribution is -0.141. The van der Waals surface area contributed by atoms with Crippen molar-refractivity contribution in [3.05, 3.63) is 35.9 Å². The minimum Gasteiger partial charge on any atom is -0.219 e. The van der Waals surface area contributed by atoms with Crippen LogP contribution >= 0.6 is 15.9 Å². The van der Waals surface area contributed by atoms with Gasteiger partial charge < -0.3 is 0 Å². The van der Waals surface area contributed by atoms with E-state index in [4.69, 9.17) is 0 Å². The molecule has 2 rings (SSSR count). The lowest BCUT2D eigenvalue weighted by atomic mass is 10.4. The van der Waals surface area contributed by atoms with Crippen molar-refractivity contribution in [2.45, 2.75) is 11.5 Å². The van der Waals surface area contributed by atoms with Crippen molar-refractivity contribution in [1.82, 2.24) is 19.7 Å². The fraction of sp³-hybridized carbons (Fsp3) is 0.222. The maximum Gasteiger partial charge on any atom is 0.435 e. The van der Waals surface area contributed by atoms with Crippen molar-refractivity contribution >= 4 is 15.9 Å². The van der Waals surface area contributed by atoms with Crippen LogP contribution in [0.1, 0.15) is 11.3 Å². The third-order valence-corrected chi connectivity index (χ3v) is 2.58. The van der Waals surface area contributed by atoms with E-state index < -0.39 is 11.9 Å². The zero-order valence-corrected chi connectivity index (χ0v) is 9.90. The summed E-state index contributed by atoms with van der Waals surface area (Å²) in [5, 5.41) is 3.95. The van der Waals surface area contributed by atoms with Crippen LogP contribution < -0.4 is 0 Å². The summed E-state index contributed by atoms with van der Waals surface area (Å²) in [5.74, 6) is 0.102. The zero-order valence-electron chi connectivity index (χ0n) is 8.32. The second-order valence-electron chi connectivity index (χ2n) is 3.17. The number of nitrogens with zero attached hydrogens (tertiary/aromatic N) is 4. The first-order valence-electron chi connectivity index (χ1n) is 4.51. The predicted octanol–water partition coefficient (Wildman–Crippen LogP) is 2.58. The van der Waals surface area contributed by atoms with E-state index in [1.807, 2.05) is 0 Å². The Hall–Kier alpha value is -1.44. The Bertz CT molecular complexity index is 506. The molecule has 0 saturated heterocycles. The van der Waals surface area contributed by atoms with Gasteiger partial charge in [-0.2, -0.15) is 18.3 Å². The molecule has 0 aromatic carbocycles. The van der Waals surface area contributed by atoms with Crippen LogP contribution in [-0.4, -0.2) is 19.7 Å². The van der Waals surface area contributed by atoms with Gasteiger partial charge in [-0.05, 0) is 11.6 Å². The molecule has 0 aliphatic heterocycles. The van der Waals surface area contributed by atoms with Crippen molar-refractivity contribution in [2.75, 3.05) is 0 Å². The molecule has 0 spiro atoms. The fourth-order valence-corrected chi connectivity index (χ4v) is 1.41. The molecule has 0 aliphatic carbocycles. The molecule has 4 nitrogen and oxygen atoms in total. The summed E-state index contributed by atoms with van der Waals surface area (Å²) in [6.07, 6.45) is -0.245. The molecule has 2 aromatic heterocycles. The Balaban J connectivity index is 2.30. The van der Waals surface area contributed by atoms with Crippen molar-refractivity contribution in [1.29, 1.82) is 0 Å². The predicted molar refractivity (Wildman–Crippen MR) is 56.8 cm³/mol. The Kier molecular flexibility index (Phi) is 3.14. The first-order chi connectivity index (χ1) is 8.00. The van der Waals surface area contributed by atoms with Gasteiger partial charge in [-0.1, -0.05) is 15.9 Å². The first-order valence-corrected chi connectivity index (χ1v) is 5.63. The van der Waals surface area contributed by atoms with Crippen LogP contribution in [0.5, 0.6) is 0 Å². The number of hydrogen-bond donors (Lipinski definition) is 0. The molecule has 8 heteroatoms. The summed E-state index contributed by atoms with van der Waals surface area (Å²) in [4.78, 5) is 7.81. The summed E-state index contributed by atoms with van der Waals surface area (Å²) in [6.45, 7) is 0. The third kappa shape index (κ3) is 2.63. The SMILES string of the molecule is FC(F)(F)c1ccn(-c2ncc(CBr)cn2)n1. The lowest BCUT2D eigenvalue weighted by Gasteiger charge is -2.02. The van der Waals surface area contributed by atoms with Gasteiger partial charge in [0.1, 0.15) is 0 Å². The smallest absolute Gasteiger partial charge is 0.219 e. The number of rotatable bonds is 2. The van der Waals surface area contributed by atoms with Crippen LogP contribution in [0.2, 0.25) is 0 Å². The van der Waals surface area contributed by atoms with Crippen LogP contribution in [0.25, 0.3) is 5.95 Å². The van der Waals surface area contributed by atoms with Crippen molar-refractivity contribution in [2.24, 2.45) is 0 Å². The van der Waals surface area contributed by atoms with Crippen LogP contribution in [0.4, 0.5) is 13.2 Å². The molecule has 0 atom stereocenters. The molecule has 17 heavy (non-hydrogen) atoms. The standard InChI is InChI=1S/C9H6BrF3N4/c10-3-6-4-14-8(15-5-6)17-2-1-7(16-17)9(11,12)13/h1-2,4-5H,3H2. The molecular formula is C9H6BrF3N4. The van der Waals surface area contributed by atoms with Gasteiger partial charge in [0.05, 0.1) is 0 Å². The molecule has 2 heterocycles.